The Balaban J connectivity index is 3.76. The number of carbonyl (C=O) groups is 2. The van der Waals surface area contributed by atoms with Gasteiger partial charge in [0, 0.05) is 12.8 Å². The van der Waals surface area contributed by atoms with Gasteiger partial charge in [-0.25, -0.2) is 0 Å². The summed E-state index contributed by atoms with van der Waals surface area (Å²) in [6, 6.07) is 0. The molecule has 0 amide bonds. The predicted molar refractivity (Wildman–Crippen MR) is 88.7 cm³/mol. The number of ether oxygens (including phenoxy) is 1. The molecule has 0 aromatic carbocycles. The highest BCUT2D eigenvalue weighted by Gasteiger charge is 2.14. The third kappa shape index (κ3) is 12.8. The van der Waals surface area contributed by atoms with Crippen LogP contribution < -0.4 is 0 Å². The minimum atomic E-state index is -0.250. The molecule has 0 aromatic heterocycles. The van der Waals surface area contributed by atoms with Gasteiger partial charge in [0.05, 0.1) is 12.7 Å². The van der Waals surface area contributed by atoms with Gasteiger partial charge in [-0.05, 0) is 45.4 Å². The van der Waals surface area contributed by atoms with Gasteiger partial charge < -0.3 is 9.84 Å². The summed E-state index contributed by atoms with van der Waals surface area (Å²) in [5.41, 5.74) is 0. The highest BCUT2D eigenvalue weighted by Crippen LogP contribution is 2.19. The smallest absolute Gasteiger partial charge is 0.302 e. The highest BCUT2D eigenvalue weighted by molar-refractivity contribution is 5.78. The van der Waals surface area contributed by atoms with Crippen molar-refractivity contribution in [1.29, 1.82) is 0 Å². The molecule has 0 aromatic rings. The summed E-state index contributed by atoms with van der Waals surface area (Å²) in [7, 11) is 0. The molecule has 130 valence electrons. The first kappa shape index (κ1) is 21.1. The van der Waals surface area contributed by atoms with Crippen LogP contribution in [-0.2, 0) is 14.3 Å². The minimum absolute atomic E-state index is 0.0835. The van der Waals surface area contributed by atoms with Crippen LogP contribution in [0.1, 0.15) is 85.0 Å². The van der Waals surface area contributed by atoms with Crippen LogP contribution in [0.15, 0.2) is 0 Å². The van der Waals surface area contributed by atoms with Crippen molar-refractivity contribution < 1.29 is 19.4 Å². The predicted octanol–water partition coefficient (Wildman–Crippen LogP) is 4.04. The molecule has 2 unspecified atom stereocenters. The fourth-order valence-corrected chi connectivity index (χ4v) is 2.63. The van der Waals surface area contributed by atoms with Crippen molar-refractivity contribution in [2.45, 2.75) is 91.1 Å². The molecule has 0 heterocycles. The van der Waals surface area contributed by atoms with E-state index in [1.807, 2.05) is 0 Å². The molecule has 0 radical (unpaired) electrons. The molecule has 0 saturated carbocycles. The molecule has 1 N–H and O–H groups in total. The first-order chi connectivity index (χ1) is 10.5. The molecule has 0 aliphatic heterocycles. The zero-order chi connectivity index (χ0) is 16.8. The fraction of sp³-hybridized carbons (Fsp3) is 0.889. The van der Waals surface area contributed by atoms with Crippen molar-refractivity contribution in [2.24, 2.45) is 5.92 Å². The van der Waals surface area contributed by atoms with Gasteiger partial charge in [0.25, 0.3) is 0 Å². The molecule has 0 rings (SSSR count). The van der Waals surface area contributed by atoms with E-state index in [1.54, 1.807) is 6.92 Å². The number of unbranched alkanes of at least 4 members (excludes halogenated alkanes) is 3. The zero-order valence-electron chi connectivity index (χ0n) is 14.6. The average Bonchev–Trinajstić information content (AvgIpc) is 2.44. The van der Waals surface area contributed by atoms with E-state index in [1.165, 1.54) is 19.8 Å². The van der Waals surface area contributed by atoms with Crippen molar-refractivity contribution in [1.82, 2.24) is 0 Å². The number of Topliss-reactive ketones (excluding diaryl/α,β-unsaturated/α-hetero) is 1. The van der Waals surface area contributed by atoms with E-state index in [0.29, 0.717) is 6.61 Å². The SMILES string of the molecule is CCCCCC(O)CCCC(CCCCOC(C)=O)C(C)=O. The molecule has 0 fully saturated rings. The second-order valence-corrected chi connectivity index (χ2v) is 6.22. The van der Waals surface area contributed by atoms with Crippen LogP contribution in [-0.4, -0.2) is 29.6 Å². The largest absolute Gasteiger partial charge is 0.466 e. The van der Waals surface area contributed by atoms with Gasteiger partial charge in [-0.1, -0.05) is 32.6 Å². The van der Waals surface area contributed by atoms with Crippen LogP contribution >= 0.6 is 0 Å². The number of hydrogen-bond acceptors (Lipinski definition) is 4. The zero-order valence-corrected chi connectivity index (χ0v) is 14.6. The highest BCUT2D eigenvalue weighted by atomic mass is 16.5. The summed E-state index contributed by atoms with van der Waals surface area (Å²) in [6.07, 6.45) is 9.20. The quantitative estimate of drug-likeness (QED) is 0.388. The van der Waals surface area contributed by atoms with E-state index in [0.717, 1.165) is 51.4 Å². The van der Waals surface area contributed by atoms with Gasteiger partial charge in [0.1, 0.15) is 5.78 Å². The Labute approximate surface area is 135 Å². The van der Waals surface area contributed by atoms with Gasteiger partial charge in [-0.15, -0.1) is 0 Å². The summed E-state index contributed by atoms with van der Waals surface area (Å²) in [6.45, 7) is 5.65. The third-order valence-electron chi connectivity index (χ3n) is 4.06. The summed E-state index contributed by atoms with van der Waals surface area (Å²) in [5.74, 6) is 0.0632. The molecule has 4 heteroatoms. The van der Waals surface area contributed by atoms with Crippen LogP contribution in [0.5, 0.6) is 0 Å². The average molecular weight is 314 g/mol. The summed E-state index contributed by atoms with van der Waals surface area (Å²) in [5, 5.41) is 9.89. The number of ketones is 1. The molecule has 4 nitrogen and oxygen atoms in total. The topological polar surface area (TPSA) is 63.6 Å². The maximum Gasteiger partial charge on any atom is 0.302 e. The summed E-state index contributed by atoms with van der Waals surface area (Å²) < 4.78 is 4.89. The Hall–Kier alpha value is -0.900. The van der Waals surface area contributed by atoms with E-state index in [4.69, 9.17) is 4.74 Å². The van der Waals surface area contributed by atoms with Crippen molar-refractivity contribution in [3.8, 4) is 0 Å². The van der Waals surface area contributed by atoms with E-state index < -0.39 is 0 Å². The number of rotatable bonds is 14. The van der Waals surface area contributed by atoms with E-state index in [9.17, 15) is 14.7 Å². The molecule has 0 aliphatic rings. The maximum atomic E-state index is 11.7. The van der Waals surface area contributed by atoms with Crippen molar-refractivity contribution in [3.05, 3.63) is 0 Å². The van der Waals surface area contributed by atoms with Crippen molar-refractivity contribution >= 4 is 11.8 Å². The van der Waals surface area contributed by atoms with Crippen LogP contribution in [0.2, 0.25) is 0 Å². The summed E-state index contributed by atoms with van der Waals surface area (Å²) >= 11 is 0. The third-order valence-corrected chi connectivity index (χ3v) is 4.06. The number of carbonyl (C=O) groups excluding carboxylic acids is 2. The second-order valence-electron chi connectivity index (χ2n) is 6.22. The molecular formula is C18H34O4. The molecular weight excluding hydrogens is 280 g/mol. The first-order valence-corrected chi connectivity index (χ1v) is 8.79. The molecule has 0 aliphatic carbocycles. The fourth-order valence-electron chi connectivity index (χ4n) is 2.63. The van der Waals surface area contributed by atoms with E-state index in [-0.39, 0.29) is 23.8 Å². The maximum absolute atomic E-state index is 11.7. The van der Waals surface area contributed by atoms with Crippen LogP contribution in [0.3, 0.4) is 0 Å². The lowest BCUT2D eigenvalue weighted by molar-refractivity contribution is -0.141. The summed E-state index contributed by atoms with van der Waals surface area (Å²) in [4.78, 5) is 22.3. The van der Waals surface area contributed by atoms with Gasteiger partial charge in [0.2, 0.25) is 0 Å². The number of aliphatic hydroxyl groups excluding tert-OH is 1. The lowest BCUT2D eigenvalue weighted by atomic mass is 9.91. The number of hydrogen-bond donors (Lipinski definition) is 1. The van der Waals surface area contributed by atoms with Crippen LogP contribution in [0.25, 0.3) is 0 Å². The Kier molecular flexibility index (Phi) is 13.2. The Morgan fingerprint density at radius 1 is 0.909 bits per heavy atom. The molecule has 22 heavy (non-hydrogen) atoms. The van der Waals surface area contributed by atoms with Crippen molar-refractivity contribution in [3.63, 3.8) is 0 Å². The van der Waals surface area contributed by atoms with E-state index >= 15 is 0 Å². The standard InChI is InChI=1S/C18H34O4/c1-4-5-6-12-18(21)13-9-11-17(15(2)19)10-7-8-14-22-16(3)20/h17-18,21H,4-14H2,1-3H3. The Bertz CT molecular complexity index is 301. The molecule has 0 saturated heterocycles. The Morgan fingerprint density at radius 2 is 1.50 bits per heavy atom. The van der Waals surface area contributed by atoms with Gasteiger partial charge in [-0.3, -0.25) is 9.59 Å². The molecule has 0 spiro atoms. The van der Waals surface area contributed by atoms with Gasteiger partial charge in [0.15, 0.2) is 0 Å². The normalized spacial score (nSPS) is 13.6. The minimum Gasteiger partial charge on any atom is -0.466 e. The van der Waals surface area contributed by atoms with Crippen LogP contribution in [0, 0.1) is 5.92 Å². The van der Waals surface area contributed by atoms with Gasteiger partial charge in [-0.2, -0.15) is 0 Å². The monoisotopic (exact) mass is 314 g/mol. The van der Waals surface area contributed by atoms with E-state index in [2.05, 4.69) is 6.92 Å². The number of aliphatic hydroxyl groups is 1. The molecule has 0 bridgehead atoms. The molecule has 2 atom stereocenters. The lowest BCUT2D eigenvalue weighted by Crippen LogP contribution is -2.13. The van der Waals surface area contributed by atoms with Crippen molar-refractivity contribution in [2.75, 3.05) is 6.61 Å². The lowest BCUT2D eigenvalue weighted by Gasteiger charge is -2.15. The van der Waals surface area contributed by atoms with Crippen LogP contribution in [0.4, 0.5) is 0 Å². The first-order valence-electron chi connectivity index (χ1n) is 8.79. The Morgan fingerprint density at radius 3 is 2.09 bits per heavy atom. The second kappa shape index (κ2) is 13.7. The number of esters is 1. The van der Waals surface area contributed by atoms with Gasteiger partial charge >= 0.3 is 5.97 Å².